The van der Waals surface area contributed by atoms with E-state index in [9.17, 15) is 58.1 Å². The van der Waals surface area contributed by atoms with Crippen molar-refractivity contribution in [2.75, 3.05) is 131 Å². The highest BCUT2D eigenvalue weighted by molar-refractivity contribution is 6.02. The van der Waals surface area contributed by atoms with E-state index in [1.54, 1.807) is 49.9 Å². The topological polar surface area (TPSA) is 244 Å². The number of alkyl halides is 2. The zero-order valence-corrected chi connectivity index (χ0v) is 35.7. The number of benzene rings is 1. The van der Waals surface area contributed by atoms with E-state index >= 15 is 0 Å². The maximum Gasteiger partial charge on any atom is 0.317 e. The number of carbonyl (C=O) groups is 6. The highest BCUT2D eigenvalue weighted by Crippen LogP contribution is 2.32. The Balaban J connectivity index is 1.05. The normalized spacial score (nSPS) is 19.8. The zero-order valence-electron chi connectivity index (χ0n) is 35.7. The third kappa shape index (κ3) is 15.4. The summed E-state index contributed by atoms with van der Waals surface area (Å²) in [5.41, 5.74) is 1.36. The summed E-state index contributed by atoms with van der Waals surface area (Å²) in [6, 6.07) is 8.99. The average Bonchev–Trinajstić information content (AvgIpc) is 3.59. The first-order chi connectivity index (χ1) is 30.6. The first kappa shape index (κ1) is 49.2. The summed E-state index contributed by atoms with van der Waals surface area (Å²) in [4.78, 5) is 89.9. The highest BCUT2D eigenvalue weighted by Gasteiger charge is 2.47. The van der Waals surface area contributed by atoms with Crippen LogP contribution in [0.4, 0.5) is 8.78 Å². The van der Waals surface area contributed by atoms with E-state index in [1.807, 2.05) is 4.90 Å². The number of hydrogen-bond acceptors (Lipinski definition) is 14. The van der Waals surface area contributed by atoms with Gasteiger partial charge in [0.25, 0.3) is 11.8 Å². The number of piperazine rings is 1. The summed E-state index contributed by atoms with van der Waals surface area (Å²) in [5, 5.41) is 40.0. The molecule has 3 fully saturated rings. The number of hydrogen-bond donors (Lipinski definition) is 4. The van der Waals surface area contributed by atoms with E-state index in [2.05, 4.69) is 15.2 Å². The van der Waals surface area contributed by atoms with E-state index in [1.165, 1.54) is 18.5 Å². The zero-order chi connectivity index (χ0) is 46.2. The third-order valence-electron chi connectivity index (χ3n) is 11.3. The van der Waals surface area contributed by atoms with Gasteiger partial charge < -0.3 is 35.2 Å². The molecule has 0 saturated carbocycles. The molecule has 348 valence electrons. The van der Waals surface area contributed by atoms with Gasteiger partial charge in [-0.1, -0.05) is 12.1 Å². The SMILES string of the molecule is N#C[C@@H]1CC(F)(F)CN1C(=O)CNC(=O)c1ccncc1-c1ccc(OCCCN2CCN(C(=O)CN3CCN(CC(=O)O)CCN(CC(=O)O)CCN(CC(=O)O)CC3)CC2)cc1. The van der Waals surface area contributed by atoms with E-state index in [4.69, 9.17) is 4.74 Å². The Bertz CT molecular complexity index is 1950. The molecule has 20 nitrogen and oxygen atoms in total. The van der Waals surface area contributed by atoms with Crippen LogP contribution in [0.3, 0.4) is 0 Å². The van der Waals surface area contributed by atoms with E-state index in [0.717, 1.165) is 11.4 Å². The number of rotatable bonds is 17. The van der Waals surface area contributed by atoms with Gasteiger partial charge in [0.05, 0.1) is 57.5 Å². The van der Waals surface area contributed by atoms with Crippen LogP contribution in [0.15, 0.2) is 42.7 Å². The maximum absolute atomic E-state index is 13.8. The first-order valence-electron chi connectivity index (χ1n) is 21.2. The molecule has 3 aliphatic heterocycles. The third-order valence-corrected chi connectivity index (χ3v) is 11.3. The number of nitrogens with zero attached hydrogens (tertiary/aromatic N) is 9. The molecular weight excluding hydrogens is 843 g/mol. The van der Waals surface area contributed by atoms with Crippen LogP contribution in [0.5, 0.6) is 5.75 Å². The fraction of sp³-hybridized carbons (Fsp3) is 0.571. The summed E-state index contributed by atoms with van der Waals surface area (Å²) in [7, 11) is 0. The minimum absolute atomic E-state index is 0.0724. The lowest BCUT2D eigenvalue weighted by Gasteiger charge is -2.37. The van der Waals surface area contributed by atoms with Crippen LogP contribution in [-0.4, -0.2) is 233 Å². The van der Waals surface area contributed by atoms with E-state index in [-0.39, 0.29) is 50.7 Å². The molecule has 2 aromatic rings. The number of ether oxygens (including phenoxy) is 1. The highest BCUT2D eigenvalue weighted by atomic mass is 19.3. The standard InChI is InChI=1S/C42H56F2N10O10/c43-42(44)22-32(23-45)54(30-42)36(55)25-47-41(63)34-6-7-46-24-35(34)31-2-4-33(5-3-31)64-21-1-8-48-17-19-53(20-18-48)37(56)26-49-9-11-50(27-38(57)58)13-15-52(29-40(61)62)16-14-51(12-10-49)28-39(59)60/h2-7,24,32H,1,8-22,25-30H2,(H,47,63)(H,57,58)(H,59,60)(H,61,62)/t32-/m0/s1. The molecule has 0 unspecified atom stereocenters. The quantitative estimate of drug-likeness (QED) is 0.148. The molecule has 64 heavy (non-hydrogen) atoms. The largest absolute Gasteiger partial charge is 0.494 e. The molecule has 4 N–H and O–H groups in total. The van der Waals surface area contributed by atoms with Crippen LogP contribution in [0.25, 0.3) is 11.1 Å². The molecule has 22 heteroatoms. The average molecular weight is 899 g/mol. The number of aromatic nitrogens is 1. The van der Waals surface area contributed by atoms with Crippen molar-refractivity contribution in [1.82, 2.24) is 44.6 Å². The Hall–Kier alpha value is -5.86. The summed E-state index contributed by atoms with van der Waals surface area (Å²) < 4.78 is 33.6. The predicted molar refractivity (Wildman–Crippen MR) is 224 cm³/mol. The number of likely N-dealkylation sites (tertiary alicyclic amines) is 1. The molecule has 3 amide bonds. The molecule has 1 aromatic carbocycles. The van der Waals surface area contributed by atoms with Gasteiger partial charge in [0.2, 0.25) is 11.8 Å². The van der Waals surface area contributed by atoms with Gasteiger partial charge in [-0.25, -0.2) is 8.78 Å². The summed E-state index contributed by atoms with van der Waals surface area (Å²) in [6.07, 6.45) is 2.90. The number of carbonyl (C=O) groups excluding carboxylic acids is 3. The first-order valence-corrected chi connectivity index (χ1v) is 21.2. The molecular formula is C42H56F2N10O10. The Labute approximate surface area is 369 Å². The van der Waals surface area contributed by atoms with Gasteiger partial charge >= 0.3 is 17.9 Å². The fourth-order valence-corrected chi connectivity index (χ4v) is 7.88. The predicted octanol–water partition coefficient (Wildman–Crippen LogP) is -0.373. The second-order valence-electron chi connectivity index (χ2n) is 16.1. The van der Waals surface area contributed by atoms with Crippen molar-refractivity contribution >= 4 is 35.6 Å². The van der Waals surface area contributed by atoms with Crippen molar-refractivity contribution < 1.29 is 57.6 Å². The second kappa shape index (κ2) is 23.7. The van der Waals surface area contributed by atoms with Gasteiger partial charge in [-0.15, -0.1) is 0 Å². The molecule has 0 aliphatic carbocycles. The summed E-state index contributed by atoms with van der Waals surface area (Å²) in [5.74, 6) is -7.08. The number of aliphatic carboxylic acids is 3. The van der Waals surface area contributed by atoms with E-state index < -0.39 is 61.2 Å². The van der Waals surface area contributed by atoms with Crippen molar-refractivity contribution in [3.05, 3.63) is 48.3 Å². The molecule has 3 aliphatic rings. The number of amides is 3. The van der Waals surface area contributed by atoms with Gasteiger partial charge in [0.15, 0.2) is 0 Å². The molecule has 0 spiro atoms. The van der Waals surface area contributed by atoms with Crippen LogP contribution in [0.1, 0.15) is 23.2 Å². The molecule has 5 rings (SSSR count). The number of carboxylic acid groups (broad SMARTS) is 3. The molecule has 4 heterocycles. The van der Waals surface area contributed by atoms with Crippen molar-refractivity contribution in [2.45, 2.75) is 24.8 Å². The van der Waals surface area contributed by atoms with Crippen LogP contribution in [0.2, 0.25) is 0 Å². The monoisotopic (exact) mass is 898 g/mol. The van der Waals surface area contributed by atoms with Crippen LogP contribution in [-0.2, 0) is 24.0 Å². The Morgan fingerprint density at radius 3 is 1.77 bits per heavy atom. The maximum atomic E-state index is 13.8. The lowest BCUT2D eigenvalue weighted by atomic mass is 10.0. The minimum atomic E-state index is -3.17. The van der Waals surface area contributed by atoms with Crippen LogP contribution >= 0.6 is 0 Å². The van der Waals surface area contributed by atoms with Gasteiger partial charge in [-0.3, -0.25) is 58.3 Å². The van der Waals surface area contributed by atoms with Crippen molar-refractivity contribution in [1.29, 1.82) is 5.26 Å². The Kier molecular flexibility index (Phi) is 18.2. The fourth-order valence-electron chi connectivity index (χ4n) is 7.88. The van der Waals surface area contributed by atoms with Crippen molar-refractivity contribution in [3.8, 4) is 22.9 Å². The van der Waals surface area contributed by atoms with Crippen molar-refractivity contribution in [3.63, 3.8) is 0 Å². The lowest BCUT2D eigenvalue weighted by Crippen LogP contribution is -2.53. The number of nitriles is 1. The van der Waals surface area contributed by atoms with Crippen molar-refractivity contribution in [2.24, 2.45) is 0 Å². The Morgan fingerprint density at radius 1 is 0.734 bits per heavy atom. The minimum Gasteiger partial charge on any atom is -0.494 e. The smallest absolute Gasteiger partial charge is 0.317 e. The molecule has 3 saturated heterocycles. The molecule has 1 atom stereocenters. The van der Waals surface area contributed by atoms with Gasteiger partial charge in [0.1, 0.15) is 11.8 Å². The van der Waals surface area contributed by atoms with Crippen LogP contribution in [0, 0.1) is 11.3 Å². The number of carboxylic acids is 3. The van der Waals surface area contributed by atoms with Gasteiger partial charge in [0, 0.05) is 109 Å². The van der Waals surface area contributed by atoms with Gasteiger partial charge in [-0.05, 0) is 30.2 Å². The van der Waals surface area contributed by atoms with E-state index in [0.29, 0.717) is 95.4 Å². The summed E-state index contributed by atoms with van der Waals surface area (Å²) in [6.45, 7) is 4.03. The Morgan fingerprint density at radius 2 is 1.25 bits per heavy atom. The lowest BCUT2D eigenvalue weighted by molar-refractivity contribution is -0.141. The molecule has 0 bridgehead atoms. The molecule has 0 radical (unpaired) electrons. The molecule has 1 aromatic heterocycles. The second-order valence-corrected chi connectivity index (χ2v) is 16.1. The number of pyridine rings is 1. The van der Waals surface area contributed by atoms with Gasteiger partial charge in [-0.2, -0.15) is 5.26 Å². The van der Waals surface area contributed by atoms with Crippen LogP contribution < -0.4 is 10.1 Å². The number of halogens is 2. The summed E-state index contributed by atoms with van der Waals surface area (Å²) >= 11 is 0. The number of nitrogens with one attached hydrogen (secondary N) is 1.